The number of quaternary nitrogens is 1. The Morgan fingerprint density at radius 3 is 1.45 bits per heavy atom. The number of carboxylic acid groups (broad SMARTS) is 1. The highest BCUT2D eigenvalue weighted by Crippen LogP contribution is 2.14. The first-order valence-electron chi connectivity index (χ1n) is 23.7. The van der Waals surface area contributed by atoms with E-state index in [0.29, 0.717) is 19.3 Å². The molecule has 1 N–H and O–H groups in total. The highest BCUT2D eigenvalue weighted by molar-refractivity contribution is 5.72. The van der Waals surface area contributed by atoms with E-state index in [2.05, 4.69) is 62.5 Å². The number of hydrogen-bond acceptors (Lipinski definition) is 6. The lowest BCUT2D eigenvalue weighted by Crippen LogP contribution is -2.50. The lowest BCUT2D eigenvalue weighted by atomic mass is 10.1. The number of ether oxygens (including phenoxy) is 3. The third kappa shape index (κ3) is 38.8. The van der Waals surface area contributed by atoms with Gasteiger partial charge in [-0.1, -0.05) is 159 Å². The van der Waals surface area contributed by atoms with Gasteiger partial charge in [0.25, 0.3) is 0 Å². The topological polar surface area (TPSA) is 99.1 Å². The zero-order valence-corrected chi connectivity index (χ0v) is 38.2. The first kappa shape index (κ1) is 55.3. The summed E-state index contributed by atoms with van der Waals surface area (Å²) in [5.74, 6) is -1.48. The lowest BCUT2D eigenvalue weighted by molar-refractivity contribution is -0.887. The third-order valence-corrected chi connectivity index (χ3v) is 10.5. The van der Waals surface area contributed by atoms with Crippen LogP contribution in [0.2, 0.25) is 0 Å². The van der Waals surface area contributed by atoms with E-state index in [9.17, 15) is 19.5 Å². The van der Waals surface area contributed by atoms with Gasteiger partial charge >= 0.3 is 17.9 Å². The molecule has 0 aromatic carbocycles. The predicted molar refractivity (Wildman–Crippen MR) is 243 cm³/mol. The van der Waals surface area contributed by atoms with Crippen LogP contribution in [0, 0.1) is 0 Å². The number of likely N-dealkylation sites (N-methyl/N-ethyl adjacent to an activating group) is 1. The Morgan fingerprint density at radius 1 is 0.534 bits per heavy atom. The Bertz CT molecular complexity index is 1090. The molecule has 0 bridgehead atoms. The molecule has 0 aliphatic rings. The van der Waals surface area contributed by atoms with Gasteiger partial charge in [-0.2, -0.15) is 0 Å². The summed E-state index contributed by atoms with van der Waals surface area (Å²) in [5.41, 5.74) is 0. The number of carbonyl (C=O) groups excluding carboxylic acids is 2. The molecule has 2 unspecified atom stereocenters. The van der Waals surface area contributed by atoms with Crippen LogP contribution in [0.15, 0.2) is 48.6 Å². The molecule has 0 radical (unpaired) electrons. The summed E-state index contributed by atoms with van der Waals surface area (Å²) in [6.07, 6.45) is 48.6. The largest absolute Gasteiger partial charge is 0.477 e. The summed E-state index contributed by atoms with van der Waals surface area (Å²) < 4.78 is 17.3. The fourth-order valence-corrected chi connectivity index (χ4v) is 6.81. The second kappa shape index (κ2) is 41.0. The summed E-state index contributed by atoms with van der Waals surface area (Å²) in [5, 5.41) is 9.63. The van der Waals surface area contributed by atoms with Gasteiger partial charge in [-0.25, -0.2) is 4.79 Å². The maximum atomic E-state index is 12.8. The van der Waals surface area contributed by atoms with Gasteiger partial charge in [0.15, 0.2) is 12.1 Å². The highest BCUT2D eigenvalue weighted by Gasteiger charge is 2.31. The predicted octanol–water partition coefficient (Wildman–Crippen LogP) is 13.2. The number of allylic oxidation sites excluding steroid dienone is 8. The Kier molecular flexibility index (Phi) is 39.1. The van der Waals surface area contributed by atoms with E-state index in [0.717, 1.165) is 64.2 Å². The molecule has 336 valence electrons. The van der Waals surface area contributed by atoms with Crippen molar-refractivity contribution in [3.8, 4) is 0 Å². The van der Waals surface area contributed by atoms with Gasteiger partial charge in [0.1, 0.15) is 6.61 Å². The Balaban J connectivity index is 4.32. The molecule has 0 aliphatic carbocycles. The molecule has 58 heavy (non-hydrogen) atoms. The molecule has 0 heterocycles. The Hall–Kier alpha value is -2.71. The molecular weight excluding hydrogens is 727 g/mol. The minimum atomic E-state index is -0.878. The number of nitrogens with zero attached hydrogens (tertiary/aromatic N) is 1. The van der Waals surface area contributed by atoms with Gasteiger partial charge in [-0.05, 0) is 70.6 Å². The van der Waals surface area contributed by atoms with Crippen molar-refractivity contribution in [2.45, 2.75) is 212 Å². The van der Waals surface area contributed by atoms with Crippen LogP contribution in [-0.4, -0.2) is 80.6 Å². The fraction of sp³-hybridized carbons (Fsp3) is 0.780. The average Bonchev–Trinajstić information content (AvgIpc) is 3.18. The number of carbonyl (C=O) groups is 3. The zero-order valence-electron chi connectivity index (χ0n) is 38.2. The molecule has 0 saturated carbocycles. The van der Waals surface area contributed by atoms with Gasteiger partial charge in [0, 0.05) is 19.3 Å². The van der Waals surface area contributed by atoms with E-state index < -0.39 is 18.1 Å². The zero-order chi connectivity index (χ0) is 42.8. The molecular formula is C50H90NO7+. The molecule has 0 aliphatic heterocycles. The molecule has 2 atom stereocenters. The van der Waals surface area contributed by atoms with Crippen molar-refractivity contribution in [1.29, 1.82) is 0 Å². The number of esters is 2. The van der Waals surface area contributed by atoms with Gasteiger partial charge < -0.3 is 23.8 Å². The van der Waals surface area contributed by atoms with Crippen molar-refractivity contribution in [2.24, 2.45) is 0 Å². The monoisotopic (exact) mass is 817 g/mol. The first-order chi connectivity index (χ1) is 28.1. The van der Waals surface area contributed by atoms with Crippen LogP contribution < -0.4 is 0 Å². The second-order valence-electron chi connectivity index (χ2n) is 17.0. The Morgan fingerprint density at radius 2 is 0.966 bits per heavy atom. The molecule has 8 nitrogen and oxygen atoms in total. The molecule has 0 amide bonds. The number of rotatable bonds is 42. The number of aliphatic carboxylic acids is 1. The third-order valence-electron chi connectivity index (χ3n) is 10.5. The summed E-state index contributed by atoms with van der Waals surface area (Å²) in [4.78, 5) is 37.1. The van der Waals surface area contributed by atoms with E-state index >= 15 is 0 Å². The molecule has 8 heteroatoms. The summed E-state index contributed by atoms with van der Waals surface area (Å²) in [7, 11) is 5.52. The minimum Gasteiger partial charge on any atom is -0.477 e. The van der Waals surface area contributed by atoms with E-state index in [1.807, 2.05) is 21.1 Å². The number of hydrogen-bond donors (Lipinski definition) is 1. The van der Waals surface area contributed by atoms with Crippen molar-refractivity contribution < 1.29 is 38.2 Å². The van der Waals surface area contributed by atoms with Crippen molar-refractivity contribution in [3.63, 3.8) is 0 Å². The first-order valence-corrected chi connectivity index (χ1v) is 23.7. The van der Waals surface area contributed by atoms with Crippen LogP contribution in [0.25, 0.3) is 0 Å². The van der Waals surface area contributed by atoms with Crippen LogP contribution in [0.1, 0.15) is 200 Å². The van der Waals surface area contributed by atoms with E-state index in [1.54, 1.807) is 0 Å². The van der Waals surface area contributed by atoms with E-state index in [4.69, 9.17) is 14.2 Å². The van der Waals surface area contributed by atoms with Gasteiger partial charge in [0.2, 0.25) is 0 Å². The average molecular weight is 817 g/mol. The van der Waals surface area contributed by atoms with Crippen molar-refractivity contribution in [2.75, 3.05) is 41.0 Å². The summed E-state index contributed by atoms with van der Waals surface area (Å²) in [6.45, 7) is 4.62. The SMILES string of the molecule is CC/C=C\C/C=C\C/C=C\CCCCCCCCCC(=O)OC(COCCC(C(=O)O)[N+](C)(C)C)COC(=O)CCCCCCCCC/C=C\CCCCCCCC. The smallest absolute Gasteiger partial charge is 0.362 e. The molecule has 0 fully saturated rings. The van der Waals surface area contributed by atoms with Gasteiger partial charge in [-0.15, -0.1) is 0 Å². The van der Waals surface area contributed by atoms with Gasteiger partial charge in [0.05, 0.1) is 34.4 Å². The number of unbranched alkanes of at least 4 members (excludes halogenated alkanes) is 20. The second-order valence-corrected chi connectivity index (χ2v) is 17.0. The molecule has 0 saturated heterocycles. The highest BCUT2D eigenvalue weighted by atomic mass is 16.6. The van der Waals surface area contributed by atoms with Crippen LogP contribution in [0.5, 0.6) is 0 Å². The molecule has 0 aromatic heterocycles. The maximum Gasteiger partial charge on any atom is 0.362 e. The quantitative estimate of drug-likeness (QED) is 0.0283. The van der Waals surface area contributed by atoms with Crippen LogP contribution in [0.3, 0.4) is 0 Å². The van der Waals surface area contributed by atoms with Crippen molar-refractivity contribution in [1.82, 2.24) is 0 Å². The standard InChI is InChI=1S/C50H89NO7/c1-6-8-10-12-14-16-18-20-22-24-26-28-30-32-34-36-38-40-48(52)57-45-46(44-56-43-42-47(50(54)55)51(3,4)5)58-49(53)41-39-37-35-33-31-29-27-25-23-21-19-17-15-13-11-9-7-2/h9,11,15,17,20-23,46-47H,6-8,10,12-14,16,18-19,24-45H2,1-5H3/p+1/b11-9-,17-15-,22-20-,23-21-. The fourth-order valence-electron chi connectivity index (χ4n) is 6.81. The van der Waals surface area contributed by atoms with Crippen molar-refractivity contribution in [3.05, 3.63) is 48.6 Å². The number of carboxylic acids is 1. The lowest BCUT2D eigenvalue weighted by Gasteiger charge is -2.31. The normalized spacial score (nSPS) is 13.3. The van der Waals surface area contributed by atoms with Crippen LogP contribution in [-0.2, 0) is 28.6 Å². The van der Waals surface area contributed by atoms with Crippen LogP contribution >= 0.6 is 0 Å². The molecule has 0 spiro atoms. The molecule has 0 aromatic rings. The molecule has 0 rings (SSSR count). The van der Waals surface area contributed by atoms with Gasteiger partial charge in [-0.3, -0.25) is 9.59 Å². The van der Waals surface area contributed by atoms with E-state index in [-0.39, 0.29) is 36.2 Å². The summed E-state index contributed by atoms with van der Waals surface area (Å²) >= 11 is 0. The Labute approximate surface area is 356 Å². The minimum absolute atomic E-state index is 0.0555. The summed E-state index contributed by atoms with van der Waals surface area (Å²) in [6, 6.07) is -0.618. The van der Waals surface area contributed by atoms with Crippen LogP contribution in [0.4, 0.5) is 0 Å². The maximum absolute atomic E-state index is 12.8. The van der Waals surface area contributed by atoms with Crippen molar-refractivity contribution >= 4 is 17.9 Å². The van der Waals surface area contributed by atoms with E-state index in [1.165, 1.54) is 103 Å².